The van der Waals surface area contributed by atoms with Gasteiger partial charge in [-0.3, -0.25) is 9.36 Å². The highest BCUT2D eigenvalue weighted by Gasteiger charge is 2.24. The van der Waals surface area contributed by atoms with Crippen LogP contribution in [-0.2, 0) is 20.9 Å². The smallest absolute Gasteiger partial charge is 0.340 e. The minimum Gasteiger partial charge on any atom is -0.465 e. The van der Waals surface area contributed by atoms with Crippen LogP contribution in [0.4, 0.5) is 0 Å². The van der Waals surface area contributed by atoms with Crippen LogP contribution in [0.5, 0.6) is 6.01 Å². The zero-order valence-corrected chi connectivity index (χ0v) is 22.4. The predicted octanol–water partition coefficient (Wildman–Crippen LogP) is 4.90. The topological polar surface area (TPSA) is 134 Å². The molecule has 0 fully saturated rings. The molecule has 5 aromatic rings. The van der Waals surface area contributed by atoms with E-state index in [0.29, 0.717) is 53.4 Å². The molecule has 0 saturated carbocycles. The number of aromatic amines is 1. The number of carbonyl (C=O) groups is 2. The number of ether oxygens (including phenoxy) is 3. The Morgan fingerprint density at radius 1 is 0.975 bits per heavy atom. The highest BCUT2D eigenvalue weighted by atomic mass is 16.5. The molecule has 5 rings (SSSR count). The standard InChI is InChI=1S/C29H28N6O5/c1-4-8-24(36)40-17-19-13-16-23(28(37)38-3)26-25(19)30-29(39-5-2)35(26)20-14-11-18(12-15-20)21-9-6-7-10-22(21)27-31-33-34-32-27/h6-7,9-16H,4-5,8,17H2,1-3H3,(H,31,32,33,34). The maximum Gasteiger partial charge on any atom is 0.340 e. The SMILES string of the molecule is CCCC(=O)OCc1ccc(C(=O)OC)c2c1nc(OCC)n2-c1ccc(-c2ccccc2-c2nnn[nH]2)cc1. The molecule has 40 heavy (non-hydrogen) atoms. The van der Waals surface area contributed by atoms with Crippen LogP contribution in [-0.4, -0.2) is 55.8 Å². The highest BCUT2D eigenvalue weighted by Crippen LogP contribution is 2.34. The molecule has 0 unspecified atom stereocenters. The third-order valence-corrected chi connectivity index (χ3v) is 6.34. The molecule has 11 nitrogen and oxygen atoms in total. The van der Waals surface area contributed by atoms with E-state index >= 15 is 0 Å². The van der Waals surface area contributed by atoms with E-state index in [9.17, 15) is 9.59 Å². The lowest BCUT2D eigenvalue weighted by atomic mass is 9.99. The maximum absolute atomic E-state index is 12.8. The summed E-state index contributed by atoms with van der Waals surface area (Å²) in [5.41, 5.74) is 5.42. The summed E-state index contributed by atoms with van der Waals surface area (Å²) in [6.45, 7) is 4.15. The van der Waals surface area contributed by atoms with Crippen molar-refractivity contribution in [2.75, 3.05) is 13.7 Å². The highest BCUT2D eigenvalue weighted by molar-refractivity contribution is 6.04. The summed E-state index contributed by atoms with van der Waals surface area (Å²) in [6.07, 6.45) is 1.01. The Balaban J connectivity index is 1.63. The summed E-state index contributed by atoms with van der Waals surface area (Å²) >= 11 is 0. The number of benzene rings is 3. The lowest BCUT2D eigenvalue weighted by molar-refractivity contribution is -0.144. The Morgan fingerprint density at radius 2 is 1.75 bits per heavy atom. The van der Waals surface area contributed by atoms with Crippen molar-refractivity contribution in [2.45, 2.75) is 33.3 Å². The molecule has 0 bridgehead atoms. The average molecular weight is 541 g/mol. The third-order valence-electron chi connectivity index (χ3n) is 6.34. The Morgan fingerprint density at radius 3 is 2.42 bits per heavy atom. The fourth-order valence-corrected chi connectivity index (χ4v) is 4.51. The third kappa shape index (κ3) is 5.13. The van der Waals surface area contributed by atoms with Gasteiger partial charge in [-0.05, 0) is 53.1 Å². The fraction of sp³-hybridized carbons (Fsp3) is 0.241. The van der Waals surface area contributed by atoms with Gasteiger partial charge in [-0.25, -0.2) is 9.89 Å². The number of nitrogens with one attached hydrogen (secondary N) is 1. The van der Waals surface area contributed by atoms with Crippen LogP contribution >= 0.6 is 0 Å². The number of H-pyrrole nitrogens is 1. The molecule has 2 aromatic heterocycles. The minimum atomic E-state index is -0.519. The fourth-order valence-electron chi connectivity index (χ4n) is 4.51. The van der Waals surface area contributed by atoms with Gasteiger partial charge < -0.3 is 14.2 Å². The van der Waals surface area contributed by atoms with E-state index in [4.69, 9.17) is 19.2 Å². The van der Waals surface area contributed by atoms with E-state index in [1.165, 1.54) is 7.11 Å². The van der Waals surface area contributed by atoms with Crippen molar-refractivity contribution in [1.82, 2.24) is 30.2 Å². The monoisotopic (exact) mass is 540 g/mol. The molecule has 204 valence electrons. The van der Waals surface area contributed by atoms with Crippen molar-refractivity contribution in [3.8, 4) is 34.2 Å². The van der Waals surface area contributed by atoms with E-state index < -0.39 is 5.97 Å². The number of rotatable bonds is 10. The zero-order chi connectivity index (χ0) is 28.1. The minimum absolute atomic E-state index is 0.0194. The van der Waals surface area contributed by atoms with Crippen molar-refractivity contribution >= 4 is 23.0 Å². The van der Waals surface area contributed by atoms with E-state index in [-0.39, 0.29) is 12.6 Å². The second-order valence-corrected chi connectivity index (χ2v) is 8.88. The van der Waals surface area contributed by atoms with Gasteiger partial charge in [-0.15, -0.1) is 5.10 Å². The molecule has 0 radical (unpaired) electrons. The van der Waals surface area contributed by atoms with Crippen LogP contribution in [0, 0.1) is 0 Å². The van der Waals surface area contributed by atoms with Gasteiger partial charge in [-0.1, -0.05) is 49.4 Å². The van der Waals surface area contributed by atoms with Gasteiger partial charge in [0.2, 0.25) is 0 Å². The lowest BCUT2D eigenvalue weighted by Crippen LogP contribution is -2.08. The van der Waals surface area contributed by atoms with Crippen LogP contribution in [0.3, 0.4) is 0 Å². The molecule has 0 saturated heterocycles. The Hall–Kier alpha value is -5.06. The van der Waals surface area contributed by atoms with Gasteiger partial charge in [0.15, 0.2) is 5.82 Å². The molecule has 0 aliphatic heterocycles. The summed E-state index contributed by atoms with van der Waals surface area (Å²) in [4.78, 5) is 29.6. The van der Waals surface area contributed by atoms with Crippen LogP contribution < -0.4 is 4.74 Å². The molecule has 0 spiro atoms. The van der Waals surface area contributed by atoms with Gasteiger partial charge in [0.25, 0.3) is 0 Å². The van der Waals surface area contributed by atoms with Crippen molar-refractivity contribution in [1.29, 1.82) is 0 Å². The number of esters is 2. The molecular formula is C29H28N6O5. The normalized spacial score (nSPS) is 11.0. The maximum atomic E-state index is 12.8. The first-order valence-electron chi connectivity index (χ1n) is 12.9. The second-order valence-electron chi connectivity index (χ2n) is 8.88. The molecule has 0 amide bonds. The van der Waals surface area contributed by atoms with E-state index in [2.05, 4.69) is 20.6 Å². The van der Waals surface area contributed by atoms with Gasteiger partial charge in [0, 0.05) is 17.5 Å². The second kappa shape index (κ2) is 11.8. The van der Waals surface area contributed by atoms with Gasteiger partial charge >= 0.3 is 17.9 Å². The summed E-state index contributed by atoms with van der Waals surface area (Å²) in [6, 6.07) is 19.3. The molecule has 3 aromatic carbocycles. The zero-order valence-electron chi connectivity index (χ0n) is 22.4. The van der Waals surface area contributed by atoms with E-state index in [1.54, 1.807) is 16.7 Å². The van der Waals surface area contributed by atoms with Gasteiger partial charge in [0.1, 0.15) is 12.1 Å². The average Bonchev–Trinajstić information content (AvgIpc) is 3.65. The van der Waals surface area contributed by atoms with Gasteiger partial charge in [-0.2, -0.15) is 4.98 Å². The first-order valence-corrected chi connectivity index (χ1v) is 12.9. The largest absolute Gasteiger partial charge is 0.465 e. The molecular weight excluding hydrogens is 512 g/mol. The van der Waals surface area contributed by atoms with Crippen molar-refractivity contribution in [3.05, 3.63) is 71.8 Å². The Labute approximate surface area is 230 Å². The summed E-state index contributed by atoms with van der Waals surface area (Å²) in [7, 11) is 1.33. The number of methoxy groups -OCH3 is 1. The molecule has 11 heteroatoms. The number of aromatic nitrogens is 6. The first kappa shape index (κ1) is 26.5. The number of carbonyl (C=O) groups excluding carboxylic acids is 2. The van der Waals surface area contributed by atoms with Crippen LogP contribution in [0.15, 0.2) is 60.7 Å². The van der Waals surface area contributed by atoms with Crippen molar-refractivity contribution < 1.29 is 23.8 Å². The van der Waals surface area contributed by atoms with Crippen LogP contribution in [0.25, 0.3) is 39.2 Å². The van der Waals surface area contributed by atoms with Crippen molar-refractivity contribution in [3.63, 3.8) is 0 Å². The predicted molar refractivity (Wildman–Crippen MR) is 147 cm³/mol. The summed E-state index contributed by atoms with van der Waals surface area (Å²) in [5.74, 6) is -0.252. The quantitative estimate of drug-likeness (QED) is 0.245. The molecule has 1 N–H and O–H groups in total. The molecule has 0 aliphatic carbocycles. The molecule has 0 atom stereocenters. The molecule has 0 aliphatic rings. The van der Waals surface area contributed by atoms with Gasteiger partial charge in [0.05, 0.1) is 30.5 Å². The van der Waals surface area contributed by atoms with E-state index in [1.807, 2.05) is 62.4 Å². The van der Waals surface area contributed by atoms with E-state index in [0.717, 1.165) is 22.4 Å². The summed E-state index contributed by atoms with van der Waals surface area (Å²) < 4.78 is 18.2. The number of tetrazole rings is 1. The Bertz CT molecular complexity index is 1640. The van der Waals surface area contributed by atoms with Crippen LogP contribution in [0.2, 0.25) is 0 Å². The lowest BCUT2D eigenvalue weighted by Gasteiger charge is -2.13. The number of nitrogens with zero attached hydrogens (tertiary/aromatic N) is 5. The molecule has 2 heterocycles. The van der Waals surface area contributed by atoms with Crippen molar-refractivity contribution in [2.24, 2.45) is 0 Å². The van der Waals surface area contributed by atoms with Crippen LogP contribution in [0.1, 0.15) is 42.6 Å². The number of imidazole rings is 1. The first-order chi connectivity index (χ1) is 19.5. The number of fused-ring (bicyclic) bond motifs is 1. The Kier molecular flexibility index (Phi) is 7.81. The number of hydrogen-bond acceptors (Lipinski definition) is 9. The summed E-state index contributed by atoms with van der Waals surface area (Å²) in [5, 5.41) is 14.3. The number of hydrogen-bond donors (Lipinski definition) is 1.